The molecule has 5 aromatic rings. The number of fused-ring (bicyclic) bond motifs is 3. The monoisotopic (exact) mass is 780 g/mol. The zero-order valence-corrected chi connectivity index (χ0v) is 35.9. The molecule has 3 heteroatoms. The Morgan fingerprint density at radius 1 is 0.660 bits per heavy atom. The Morgan fingerprint density at radius 2 is 1.18 bits per heavy atom. The summed E-state index contributed by atoms with van der Waals surface area (Å²) in [5, 5.41) is 0. The molecule has 0 saturated carbocycles. The van der Waals surface area contributed by atoms with Gasteiger partial charge in [-0.3, -0.25) is 0 Å². The van der Waals surface area contributed by atoms with Crippen molar-refractivity contribution in [2.45, 2.75) is 111 Å². The van der Waals surface area contributed by atoms with Crippen molar-refractivity contribution in [3.8, 4) is 11.1 Å². The standard InChI is InChI=1S/C21H25.C13H10.C13H21.2ClH.Zr/c1-20(2,3)16-9-7-14-11-15-8-10-17(21(4,5)6)13-19(15)18(14)12-16;1-3-7-12(8-4-1)11-13-9-5-2-6-10-13;1-5-6-7-11-8-9-12(10-11)13(2,3)4;;;/h7,9-10,12-13H,11H2,1-6H3;1-10H;8-10H,5-7H2,1-4H3;2*1H;/q-1;;-1;;;+2/p-2. The van der Waals surface area contributed by atoms with Crippen molar-refractivity contribution >= 4 is 3.21 Å². The Labute approximate surface area is 332 Å². The first kappa shape index (κ1) is 43.7. The van der Waals surface area contributed by atoms with E-state index in [0.717, 1.165) is 6.42 Å². The first-order valence-corrected chi connectivity index (χ1v) is 18.9. The van der Waals surface area contributed by atoms with Crippen LogP contribution in [-0.2, 0) is 53.3 Å². The third-order valence-electron chi connectivity index (χ3n) is 9.15. The van der Waals surface area contributed by atoms with Crippen molar-refractivity contribution in [2.75, 3.05) is 0 Å². The van der Waals surface area contributed by atoms with Gasteiger partial charge in [-0.05, 0) is 17.4 Å². The van der Waals surface area contributed by atoms with Crippen LogP contribution in [0.3, 0.4) is 0 Å². The first-order valence-electron chi connectivity index (χ1n) is 17.7. The fourth-order valence-corrected chi connectivity index (χ4v) is 6.68. The van der Waals surface area contributed by atoms with E-state index in [4.69, 9.17) is 0 Å². The maximum absolute atomic E-state index is 3.53. The Bertz CT molecular complexity index is 1670. The van der Waals surface area contributed by atoms with Crippen molar-refractivity contribution in [3.63, 3.8) is 0 Å². The topological polar surface area (TPSA) is 0 Å². The van der Waals surface area contributed by atoms with E-state index in [1.165, 1.54) is 102 Å². The molecule has 0 amide bonds. The molecule has 0 unspecified atom stereocenters. The summed E-state index contributed by atoms with van der Waals surface area (Å²) in [5.41, 5.74) is 14.7. The van der Waals surface area contributed by atoms with Crippen LogP contribution < -0.4 is 24.8 Å². The average molecular weight is 783 g/mol. The second-order valence-electron chi connectivity index (χ2n) is 16.3. The number of unbranched alkanes of at least 4 members (excludes halogenated alkanes) is 1. The molecule has 1 aliphatic rings. The molecule has 5 aromatic carbocycles. The van der Waals surface area contributed by atoms with E-state index in [0.29, 0.717) is 5.41 Å². The van der Waals surface area contributed by atoms with E-state index in [9.17, 15) is 0 Å². The molecule has 0 aliphatic heterocycles. The third kappa shape index (κ3) is 12.1. The molecular formula is C47H56Cl2Zr-2. The average Bonchev–Trinajstić information content (AvgIpc) is 3.69. The van der Waals surface area contributed by atoms with Gasteiger partial charge in [-0.2, -0.15) is 52.6 Å². The number of hydrogen-bond donors (Lipinski definition) is 0. The summed E-state index contributed by atoms with van der Waals surface area (Å²) in [6.45, 7) is 22.7. The molecule has 6 rings (SSSR count). The predicted molar refractivity (Wildman–Crippen MR) is 206 cm³/mol. The maximum atomic E-state index is 3.53. The van der Waals surface area contributed by atoms with E-state index in [2.05, 4.69) is 184 Å². The van der Waals surface area contributed by atoms with Gasteiger partial charge in [0.1, 0.15) is 0 Å². The Morgan fingerprint density at radius 3 is 1.66 bits per heavy atom. The summed E-state index contributed by atoms with van der Waals surface area (Å²) in [6, 6.07) is 43.1. The van der Waals surface area contributed by atoms with Crippen molar-refractivity contribution in [3.05, 3.63) is 160 Å². The van der Waals surface area contributed by atoms with Gasteiger partial charge in [-0.15, -0.1) is 5.56 Å². The van der Waals surface area contributed by atoms with Gasteiger partial charge in [0.15, 0.2) is 0 Å². The molecule has 0 heterocycles. The van der Waals surface area contributed by atoms with E-state index >= 15 is 0 Å². The molecule has 0 fully saturated rings. The van der Waals surface area contributed by atoms with Gasteiger partial charge >= 0.3 is 99.2 Å². The molecule has 0 nitrogen and oxygen atoms in total. The zero-order valence-electron chi connectivity index (χ0n) is 32.0. The van der Waals surface area contributed by atoms with Crippen LogP contribution in [0.4, 0.5) is 0 Å². The molecule has 50 heavy (non-hydrogen) atoms. The quantitative estimate of drug-likeness (QED) is 0.175. The Balaban J connectivity index is 0.000000265. The number of hydrogen-bond acceptors (Lipinski definition) is 0. The van der Waals surface area contributed by atoms with Gasteiger partial charge in [0, 0.05) is 0 Å². The molecule has 0 N–H and O–H groups in total. The van der Waals surface area contributed by atoms with Gasteiger partial charge in [-0.1, -0.05) is 129 Å². The second-order valence-corrected chi connectivity index (χ2v) is 17.5. The van der Waals surface area contributed by atoms with Gasteiger partial charge in [0.25, 0.3) is 0 Å². The molecule has 0 aromatic heterocycles. The normalized spacial score (nSPS) is 11.8. The third-order valence-corrected chi connectivity index (χ3v) is 10.6. The van der Waals surface area contributed by atoms with Crippen LogP contribution in [-0.4, -0.2) is 3.21 Å². The molecule has 1 aliphatic carbocycles. The fourth-order valence-electron chi connectivity index (χ4n) is 5.86. The van der Waals surface area contributed by atoms with Gasteiger partial charge < -0.3 is 24.8 Å². The molecular weight excluding hydrogens is 727 g/mol. The summed E-state index contributed by atoms with van der Waals surface area (Å²) in [6.07, 6.45) is 4.87. The number of halogens is 2. The summed E-state index contributed by atoms with van der Waals surface area (Å²) < 4.78 is 1.42. The minimum atomic E-state index is 0. The first-order chi connectivity index (χ1) is 22.6. The summed E-state index contributed by atoms with van der Waals surface area (Å²) in [4.78, 5) is 0. The van der Waals surface area contributed by atoms with E-state index in [-0.39, 0.29) is 35.6 Å². The predicted octanol–water partition coefficient (Wildman–Crippen LogP) is 6.51. The minimum absolute atomic E-state index is 0. The van der Waals surface area contributed by atoms with Crippen molar-refractivity contribution in [2.24, 2.45) is 0 Å². The Kier molecular flexibility index (Phi) is 16.5. The summed E-state index contributed by atoms with van der Waals surface area (Å²) >= 11 is 1.46. The van der Waals surface area contributed by atoms with Crippen molar-refractivity contribution < 1.29 is 49.0 Å². The molecule has 0 spiro atoms. The van der Waals surface area contributed by atoms with Crippen LogP contribution in [0.2, 0.25) is 0 Å². The molecule has 0 atom stereocenters. The summed E-state index contributed by atoms with van der Waals surface area (Å²) in [5.74, 6) is 0. The number of aryl methyl sites for hydroxylation is 1. The second kappa shape index (κ2) is 18.9. The molecule has 0 radical (unpaired) electrons. The fraction of sp³-hybridized carbons (Fsp3) is 0.362. The van der Waals surface area contributed by atoms with Crippen LogP contribution in [0.15, 0.2) is 109 Å². The van der Waals surface area contributed by atoms with Gasteiger partial charge in [0.2, 0.25) is 0 Å². The van der Waals surface area contributed by atoms with Gasteiger partial charge in [0.05, 0.1) is 0 Å². The Hall–Kier alpha value is -2.44. The number of rotatable bonds is 5. The molecule has 264 valence electrons. The van der Waals surface area contributed by atoms with Crippen molar-refractivity contribution in [1.82, 2.24) is 0 Å². The van der Waals surface area contributed by atoms with Crippen LogP contribution in [0.5, 0.6) is 0 Å². The number of benzene rings is 4. The van der Waals surface area contributed by atoms with Gasteiger partial charge in [-0.25, -0.2) is 6.07 Å². The van der Waals surface area contributed by atoms with Crippen LogP contribution in [0, 0.1) is 6.07 Å². The van der Waals surface area contributed by atoms with E-state index < -0.39 is 0 Å². The summed E-state index contributed by atoms with van der Waals surface area (Å²) in [7, 11) is 0. The van der Waals surface area contributed by atoms with Crippen LogP contribution in [0.1, 0.15) is 127 Å². The van der Waals surface area contributed by atoms with E-state index in [1.54, 1.807) is 0 Å². The molecule has 0 saturated heterocycles. The van der Waals surface area contributed by atoms with Crippen molar-refractivity contribution in [1.29, 1.82) is 0 Å². The van der Waals surface area contributed by atoms with E-state index in [1.807, 2.05) is 0 Å². The van der Waals surface area contributed by atoms with Crippen LogP contribution in [0.25, 0.3) is 11.1 Å². The SMILES string of the molecule is CC(C)(C)c1c[c-]c2c(c1)-c1cc(C(C)(C)C)ccc1C2.CCCCc1cc(C(C)(C)C)c[cH-]1.[Cl-].[Cl-].[Zr+2]=[C](c1ccccc1)c1ccccc1. The molecule has 0 bridgehead atoms. The van der Waals surface area contributed by atoms with Crippen LogP contribution >= 0.6 is 0 Å². The zero-order chi connectivity index (χ0) is 35.1.